The fourth-order valence-electron chi connectivity index (χ4n) is 5.36. The first-order chi connectivity index (χ1) is 10.8. The van der Waals surface area contributed by atoms with Crippen molar-refractivity contribution in [2.24, 2.45) is 5.92 Å². The summed E-state index contributed by atoms with van der Waals surface area (Å²) in [5.41, 5.74) is 5.45. The third-order valence-electron chi connectivity index (χ3n) is 6.40. The van der Waals surface area contributed by atoms with Gasteiger partial charge in [-0.1, -0.05) is 29.8 Å². The molecule has 2 bridgehead atoms. The van der Waals surface area contributed by atoms with E-state index in [4.69, 9.17) is 4.74 Å². The Balaban J connectivity index is 1.73. The lowest BCUT2D eigenvalue weighted by molar-refractivity contribution is 0.270. The number of allylic oxidation sites excluding steroid dienone is 2. The van der Waals surface area contributed by atoms with Crippen LogP contribution in [0.5, 0.6) is 5.75 Å². The Morgan fingerprint density at radius 3 is 2.86 bits per heavy atom. The number of hydrogen-bond donors (Lipinski definition) is 0. The van der Waals surface area contributed by atoms with Crippen LogP contribution in [-0.2, 0) is 11.8 Å². The Morgan fingerprint density at radius 1 is 1.14 bits per heavy atom. The molecule has 1 nitrogen and oxygen atoms in total. The number of benzene rings is 2. The molecule has 0 aliphatic heterocycles. The highest BCUT2D eigenvalue weighted by molar-refractivity contribution is 5.86. The van der Waals surface area contributed by atoms with E-state index in [9.17, 15) is 0 Å². The maximum Gasteiger partial charge on any atom is 0.119 e. The van der Waals surface area contributed by atoms with Crippen LogP contribution in [0.3, 0.4) is 0 Å². The Bertz CT molecular complexity index is 801. The number of methoxy groups -OCH3 is 1. The fourth-order valence-corrected chi connectivity index (χ4v) is 5.36. The normalized spacial score (nSPS) is 29.0. The maximum atomic E-state index is 5.42. The monoisotopic (exact) mass is 290 g/mol. The van der Waals surface area contributed by atoms with E-state index >= 15 is 0 Å². The summed E-state index contributed by atoms with van der Waals surface area (Å²) in [6.07, 6.45) is 10.5. The van der Waals surface area contributed by atoms with E-state index in [1.165, 1.54) is 49.3 Å². The molecule has 1 fully saturated rings. The first-order valence-corrected chi connectivity index (χ1v) is 8.57. The average molecular weight is 290 g/mol. The van der Waals surface area contributed by atoms with Crippen molar-refractivity contribution >= 4 is 10.8 Å². The summed E-state index contributed by atoms with van der Waals surface area (Å²) in [4.78, 5) is 0. The van der Waals surface area contributed by atoms with Crippen molar-refractivity contribution in [1.82, 2.24) is 0 Å². The van der Waals surface area contributed by atoms with Gasteiger partial charge < -0.3 is 4.74 Å². The molecule has 0 saturated heterocycles. The van der Waals surface area contributed by atoms with Crippen molar-refractivity contribution in [2.75, 3.05) is 7.11 Å². The smallest absolute Gasteiger partial charge is 0.119 e. The zero-order chi connectivity index (χ0) is 14.7. The Hall–Kier alpha value is -1.76. The zero-order valence-electron chi connectivity index (χ0n) is 13.2. The summed E-state index contributed by atoms with van der Waals surface area (Å²) in [6.45, 7) is 0. The highest BCUT2D eigenvalue weighted by atomic mass is 16.5. The van der Waals surface area contributed by atoms with Crippen LogP contribution in [0.2, 0.25) is 0 Å². The van der Waals surface area contributed by atoms with Gasteiger partial charge in [0, 0.05) is 5.41 Å². The van der Waals surface area contributed by atoms with Crippen LogP contribution in [0.4, 0.5) is 0 Å². The Kier molecular flexibility index (Phi) is 2.54. The third kappa shape index (κ3) is 1.60. The molecule has 2 unspecified atom stereocenters. The molecule has 0 aromatic heterocycles. The molecular weight excluding hydrogens is 268 g/mol. The van der Waals surface area contributed by atoms with Gasteiger partial charge >= 0.3 is 0 Å². The van der Waals surface area contributed by atoms with E-state index < -0.39 is 0 Å². The van der Waals surface area contributed by atoms with Crippen molar-refractivity contribution < 1.29 is 4.74 Å². The van der Waals surface area contributed by atoms with Crippen LogP contribution in [0.15, 0.2) is 42.0 Å². The molecule has 112 valence electrons. The lowest BCUT2D eigenvalue weighted by Gasteiger charge is -2.41. The van der Waals surface area contributed by atoms with E-state index in [0.717, 1.165) is 11.7 Å². The van der Waals surface area contributed by atoms with Crippen LogP contribution < -0.4 is 4.74 Å². The SMILES string of the molecule is COc1ccc2cc3c(cc2c1)C1(CCC3)CC2=CCC1C2. The van der Waals surface area contributed by atoms with Crippen LogP contribution in [0.25, 0.3) is 10.8 Å². The quantitative estimate of drug-likeness (QED) is 0.659. The number of fused-ring (bicyclic) bond motifs is 6. The first-order valence-electron chi connectivity index (χ1n) is 8.57. The lowest BCUT2D eigenvalue weighted by atomic mass is 9.62. The second kappa shape index (κ2) is 4.38. The molecule has 3 aliphatic rings. The van der Waals surface area contributed by atoms with Gasteiger partial charge in [0.2, 0.25) is 0 Å². The molecule has 1 saturated carbocycles. The van der Waals surface area contributed by atoms with E-state index in [1.54, 1.807) is 23.8 Å². The predicted octanol–water partition coefficient (Wildman–Crippen LogP) is 5.16. The second-order valence-corrected chi connectivity index (χ2v) is 7.41. The lowest BCUT2D eigenvalue weighted by Crippen LogP contribution is -2.35. The minimum atomic E-state index is 0.453. The first kappa shape index (κ1) is 12.8. The second-order valence-electron chi connectivity index (χ2n) is 7.41. The molecule has 0 heterocycles. The van der Waals surface area contributed by atoms with E-state index in [1.807, 2.05) is 0 Å². The predicted molar refractivity (Wildman–Crippen MR) is 90.5 cm³/mol. The molecule has 1 spiro atoms. The summed E-state index contributed by atoms with van der Waals surface area (Å²) in [5.74, 6) is 1.83. The van der Waals surface area contributed by atoms with Crippen molar-refractivity contribution in [3.63, 3.8) is 0 Å². The maximum absolute atomic E-state index is 5.42. The molecule has 2 aromatic rings. The van der Waals surface area contributed by atoms with Crippen molar-refractivity contribution in [3.05, 3.63) is 53.1 Å². The minimum Gasteiger partial charge on any atom is -0.497 e. The summed E-state index contributed by atoms with van der Waals surface area (Å²) in [7, 11) is 1.75. The fraction of sp³-hybridized carbons (Fsp3) is 0.429. The molecule has 2 atom stereocenters. The van der Waals surface area contributed by atoms with Crippen LogP contribution in [0, 0.1) is 5.92 Å². The largest absolute Gasteiger partial charge is 0.497 e. The molecule has 22 heavy (non-hydrogen) atoms. The molecule has 0 radical (unpaired) electrons. The highest BCUT2D eigenvalue weighted by Gasteiger charge is 2.49. The van der Waals surface area contributed by atoms with E-state index in [2.05, 4.69) is 36.4 Å². The number of hydrogen-bond acceptors (Lipinski definition) is 1. The Labute approximate surface area is 132 Å². The molecule has 1 heteroatoms. The molecule has 0 N–H and O–H groups in total. The average Bonchev–Trinajstić information content (AvgIpc) is 3.14. The summed E-state index contributed by atoms with van der Waals surface area (Å²) < 4.78 is 5.42. The molecule has 3 aliphatic carbocycles. The van der Waals surface area contributed by atoms with Crippen LogP contribution in [0.1, 0.15) is 43.2 Å². The summed E-state index contributed by atoms with van der Waals surface area (Å²) in [6, 6.07) is 11.4. The summed E-state index contributed by atoms with van der Waals surface area (Å²) in [5, 5.41) is 2.70. The van der Waals surface area contributed by atoms with Gasteiger partial charge in [0.15, 0.2) is 0 Å². The highest BCUT2D eigenvalue weighted by Crippen LogP contribution is 2.59. The van der Waals surface area contributed by atoms with Gasteiger partial charge in [-0.3, -0.25) is 0 Å². The molecule has 5 rings (SSSR count). The molecule has 2 aromatic carbocycles. The van der Waals surface area contributed by atoms with Gasteiger partial charge in [-0.05, 0) is 78.5 Å². The van der Waals surface area contributed by atoms with Gasteiger partial charge in [-0.2, -0.15) is 0 Å². The Morgan fingerprint density at radius 2 is 2.09 bits per heavy atom. The van der Waals surface area contributed by atoms with Crippen LogP contribution in [-0.4, -0.2) is 7.11 Å². The van der Waals surface area contributed by atoms with Gasteiger partial charge in [0.25, 0.3) is 0 Å². The standard InChI is InChI=1S/C21H22O/c1-22-19-7-5-15-10-16-3-2-8-21(20(16)12-17(15)11-19)13-14-4-6-18(21)9-14/h4-5,7,10-12,18H,2-3,6,8-9,13H2,1H3. The number of ether oxygens (including phenoxy) is 1. The molecular formula is C21H22O. The van der Waals surface area contributed by atoms with E-state index in [-0.39, 0.29) is 0 Å². The van der Waals surface area contributed by atoms with Gasteiger partial charge in [0.1, 0.15) is 5.75 Å². The summed E-state index contributed by atoms with van der Waals surface area (Å²) >= 11 is 0. The number of aryl methyl sites for hydroxylation is 1. The van der Waals surface area contributed by atoms with Gasteiger partial charge in [-0.15, -0.1) is 0 Å². The number of rotatable bonds is 1. The zero-order valence-corrected chi connectivity index (χ0v) is 13.2. The van der Waals surface area contributed by atoms with Crippen molar-refractivity contribution in [2.45, 2.75) is 43.9 Å². The van der Waals surface area contributed by atoms with Gasteiger partial charge in [0.05, 0.1) is 7.11 Å². The van der Waals surface area contributed by atoms with Crippen molar-refractivity contribution in [1.29, 1.82) is 0 Å². The van der Waals surface area contributed by atoms with Crippen molar-refractivity contribution in [3.8, 4) is 5.75 Å². The topological polar surface area (TPSA) is 9.23 Å². The van der Waals surface area contributed by atoms with E-state index in [0.29, 0.717) is 5.41 Å². The van der Waals surface area contributed by atoms with Crippen LogP contribution >= 0.6 is 0 Å². The molecule has 0 amide bonds. The van der Waals surface area contributed by atoms with Gasteiger partial charge in [-0.25, -0.2) is 0 Å². The third-order valence-corrected chi connectivity index (χ3v) is 6.40. The minimum absolute atomic E-state index is 0.453.